The molecule has 0 saturated carbocycles. The monoisotopic (exact) mass is 300 g/mol. The minimum absolute atomic E-state index is 0.113. The Kier molecular flexibility index (Phi) is 5.40. The molecule has 8 heteroatoms. The fraction of sp³-hybridized carbons (Fsp3) is 0.538. The predicted octanol–water partition coefficient (Wildman–Crippen LogP) is 1.58. The number of piperazine rings is 1. The Morgan fingerprint density at radius 2 is 2.05 bits per heavy atom. The molecule has 2 rings (SSSR count). The van der Waals surface area contributed by atoms with Gasteiger partial charge in [0.05, 0.1) is 4.92 Å². The molecule has 1 saturated heterocycles. The number of hydrogen-bond donors (Lipinski definition) is 2. The zero-order valence-corrected chi connectivity index (χ0v) is 11.6. The Hall–Kier alpha value is -1.80. The molecule has 6 nitrogen and oxygen atoms in total. The number of anilines is 1. The summed E-state index contributed by atoms with van der Waals surface area (Å²) in [5.41, 5.74) is -0.823. The maximum absolute atomic E-state index is 13.4. The molecule has 0 aromatic heterocycles. The molecule has 1 heterocycles. The molecule has 1 aliphatic rings. The summed E-state index contributed by atoms with van der Waals surface area (Å²) in [6.07, 6.45) is 0.745. The third-order valence-electron chi connectivity index (χ3n) is 3.39. The molecular formula is C13H18F2N4O2. The van der Waals surface area contributed by atoms with Crippen LogP contribution in [0.25, 0.3) is 0 Å². The summed E-state index contributed by atoms with van der Waals surface area (Å²) in [6, 6.07) is 1.47. The summed E-state index contributed by atoms with van der Waals surface area (Å²) in [7, 11) is 0. The summed E-state index contributed by atoms with van der Waals surface area (Å²) >= 11 is 0. The smallest absolute Gasteiger partial charge is 0.327 e. The minimum atomic E-state index is -1.16. The van der Waals surface area contributed by atoms with Crippen molar-refractivity contribution in [2.24, 2.45) is 0 Å². The lowest BCUT2D eigenvalue weighted by Crippen LogP contribution is -2.44. The van der Waals surface area contributed by atoms with Crippen molar-refractivity contribution in [2.75, 3.05) is 44.6 Å². The summed E-state index contributed by atoms with van der Waals surface area (Å²) in [5.74, 6) is -1.99. The van der Waals surface area contributed by atoms with Crippen LogP contribution in [0.5, 0.6) is 0 Å². The first-order valence-corrected chi connectivity index (χ1v) is 6.88. The highest BCUT2D eigenvalue weighted by molar-refractivity contribution is 5.62. The number of nitrogens with zero attached hydrogens (tertiary/aromatic N) is 2. The van der Waals surface area contributed by atoms with Crippen molar-refractivity contribution in [3.63, 3.8) is 0 Å². The van der Waals surface area contributed by atoms with Crippen LogP contribution in [0, 0.1) is 21.7 Å². The number of halogens is 2. The van der Waals surface area contributed by atoms with Gasteiger partial charge in [-0.25, -0.2) is 4.39 Å². The average Bonchev–Trinajstić information content (AvgIpc) is 2.43. The highest BCUT2D eigenvalue weighted by atomic mass is 19.1. The molecule has 1 aromatic rings. The van der Waals surface area contributed by atoms with Crippen molar-refractivity contribution < 1.29 is 13.7 Å². The van der Waals surface area contributed by atoms with Crippen LogP contribution < -0.4 is 10.6 Å². The number of nitro groups is 1. The maximum atomic E-state index is 13.4. The highest BCUT2D eigenvalue weighted by Crippen LogP contribution is 2.28. The Bertz CT molecular complexity index is 507. The lowest BCUT2D eigenvalue weighted by Gasteiger charge is -2.27. The van der Waals surface area contributed by atoms with Crippen molar-refractivity contribution >= 4 is 11.4 Å². The largest absolute Gasteiger partial charge is 0.379 e. The van der Waals surface area contributed by atoms with Crippen LogP contribution >= 0.6 is 0 Å². The lowest BCUT2D eigenvalue weighted by atomic mass is 10.2. The van der Waals surface area contributed by atoms with E-state index in [1.807, 2.05) is 0 Å². The van der Waals surface area contributed by atoms with E-state index >= 15 is 0 Å². The van der Waals surface area contributed by atoms with Gasteiger partial charge in [-0.05, 0) is 13.0 Å². The van der Waals surface area contributed by atoms with Gasteiger partial charge >= 0.3 is 5.69 Å². The van der Waals surface area contributed by atoms with Crippen LogP contribution in [0.15, 0.2) is 12.1 Å². The van der Waals surface area contributed by atoms with Gasteiger partial charge in [-0.15, -0.1) is 0 Å². The van der Waals surface area contributed by atoms with Crippen LogP contribution in [0.1, 0.15) is 6.42 Å². The van der Waals surface area contributed by atoms with Gasteiger partial charge in [0.2, 0.25) is 5.82 Å². The molecule has 0 aliphatic carbocycles. The van der Waals surface area contributed by atoms with E-state index in [1.165, 1.54) is 0 Å². The van der Waals surface area contributed by atoms with E-state index in [9.17, 15) is 18.9 Å². The molecule has 21 heavy (non-hydrogen) atoms. The normalized spacial score (nSPS) is 15.9. The molecule has 0 radical (unpaired) electrons. The van der Waals surface area contributed by atoms with Crippen molar-refractivity contribution in [3.05, 3.63) is 33.9 Å². The summed E-state index contributed by atoms with van der Waals surface area (Å²) in [5, 5.41) is 16.8. The van der Waals surface area contributed by atoms with Gasteiger partial charge in [0.1, 0.15) is 11.5 Å². The van der Waals surface area contributed by atoms with Gasteiger partial charge in [0, 0.05) is 44.9 Å². The molecule has 2 N–H and O–H groups in total. The van der Waals surface area contributed by atoms with Crippen molar-refractivity contribution in [1.82, 2.24) is 10.2 Å². The zero-order chi connectivity index (χ0) is 15.2. The van der Waals surface area contributed by atoms with Crippen LogP contribution in [0.3, 0.4) is 0 Å². The molecule has 116 valence electrons. The third-order valence-corrected chi connectivity index (χ3v) is 3.39. The predicted molar refractivity (Wildman–Crippen MR) is 75.4 cm³/mol. The van der Waals surface area contributed by atoms with E-state index in [0.29, 0.717) is 12.6 Å². The van der Waals surface area contributed by atoms with E-state index in [1.54, 1.807) is 0 Å². The average molecular weight is 300 g/mol. The molecule has 0 unspecified atom stereocenters. The molecule has 1 aromatic carbocycles. The topological polar surface area (TPSA) is 70.4 Å². The van der Waals surface area contributed by atoms with Gasteiger partial charge in [0.15, 0.2) is 0 Å². The van der Waals surface area contributed by atoms with Crippen LogP contribution in [-0.4, -0.2) is 49.1 Å². The molecule has 0 atom stereocenters. The first kappa shape index (κ1) is 15.6. The first-order chi connectivity index (χ1) is 10.1. The molecule has 0 bridgehead atoms. The fourth-order valence-electron chi connectivity index (χ4n) is 2.35. The van der Waals surface area contributed by atoms with E-state index < -0.39 is 22.2 Å². The number of hydrogen-bond acceptors (Lipinski definition) is 5. The minimum Gasteiger partial charge on any atom is -0.379 e. The number of rotatable bonds is 6. The Morgan fingerprint density at radius 3 is 2.71 bits per heavy atom. The van der Waals surface area contributed by atoms with E-state index in [-0.39, 0.29) is 5.69 Å². The number of benzene rings is 1. The first-order valence-electron chi connectivity index (χ1n) is 6.88. The van der Waals surface area contributed by atoms with Gasteiger partial charge < -0.3 is 15.5 Å². The molecular weight excluding hydrogens is 282 g/mol. The molecule has 0 amide bonds. The fourth-order valence-corrected chi connectivity index (χ4v) is 2.35. The van der Waals surface area contributed by atoms with E-state index in [2.05, 4.69) is 15.5 Å². The van der Waals surface area contributed by atoms with Crippen LogP contribution in [-0.2, 0) is 0 Å². The molecule has 1 fully saturated rings. The van der Waals surface area contributed by atoms with E-state index in [4.69, 9.17) is 0 Å². The summed E-state index contributed by atoms with van der Waals surface area (Å²) < 4.78 is 26.6. The third kappa shape index (κ3) is 4.33. The standard InChI is InChI=1S/C13H18F2N4O2/c14-10-8-11(15)13(19(20)21)12(9-10)17-2-1-5-18-6-3-16-4-7-18/h8-9,16-17H,1-7H2. The van der Waals surface area contributed by atoms with Crippen LogP contribution in [0.2, 0.25) is 0 Å². The Labute approximate surface area is 121 Å². The van der Waals surface area contributed by atoms with Gasteiger partial charge in [0.25, 0.3) is 0 Å². The maximum Gasteiger partial charge on any atom is 0.327 e. The number of nitro benzene ring substituents is 1. The Balaban J connectivity index is 1.88. The Morgan fingerprint density at radius 1 is 1.33 bits per heavy atom. The number of nitrogens with one attached hydrogen (secondary N) is 2. The second kappa shape index (κ2) is 7.28. The van der Waals surface area contributed by atoms with Crippen LogP contribution in [0.4, 0.5) is 20.2 Å². The quantitative estimate of drug-likeness (QED) is 0.474. The van der Waals surface area contributed by atoms with Crippen molar-refractivity contribution in [1.29, 1.82) is 0 Å². The van der Waals surface area contributed by atoms with Gasteiger partial charge in [-0.3, -0.25) is 10.1 Å². The molecule has 0 spiro atoms. The summed E-state index contributed by atoms with van der Waals surface area (Å²) in [6.45, 7) is 5.11. The summed E-state index contributed by atoms with van der Waals surface area (Å²) in [4.78, 5) is 12.3. The SMILES string of the molecule is O=[N+]([O-])c1c(F)cc(F)cc1NCCCN1CCNCC1. The van der Waals surface area contributed by atoms with E-state index in [0.717, 1.165) is 45.2 Å². The molecule has 1 aliphatic heterocycles. The van der Waals surface area contributed by atoms with Gasteiger partial charge in [-0.1, -0.05) is 0 Å². The highest BCUT2D eigenvalue weighted by Gasteiger charge is 2.21. The van der Waals surface area contributed by atoms with Crippen molar-refractivity contribution in [2.45, 2.75) is 6.42 Å². The lowest BCUT2D eigenvalue weighted by molar-refractivity contribution is -0.386. The van der Waals surface area contributed by atoms with Crippen molar-refractivity contribution in [3.8, 4) is 0 Å². The second-order valence-corrected chi connectivity index (χ2v) is 4.91. The second-order valence-electron chi connectivity index (χ2n) is 4.91. The van der Waals surface area contributed by atoms with Gasteiger partial charge in [-0.2, -0.15) is 4.39 Å². The zero-order valence-electron chi connectivity index (χ0n) is 11.6.